The Bertz CT molecular complexity index is 1500. The van der Waals surface area contributed by atoms with Crippen LogP contribution in [-0.2, 0) is 6.61 Å². The van der Waals surface area contributed by atoms with E-state index in [1.165, 1.54) is 0 Å². The molecule has 0 saturated heterocycles. The van der Waals surface area contributed by atoms with Crippen molar-refractivity contribution in [3.05, 3.63) is 137 Å². The first kappa shape index (κ1) is 24.0. The number of ether oxygens (including phenoxy) is 1. The molecule has 4 aromatic carbocycles. The van der Waals surface area contributed by atoms with Gasteiger partial charge < -0.3 is 4.74 Å². The Morgan fingerprint density at radius 2 is 1.57 bits per heavy atom. The number of halogens is 1. The number of hydrazone groups is 1. The molecular weight excluding hydrogens is 484 g/mol. The van der Waals surface area contributed by atoms with Crippen molar-refractivity contribution in [2.24, 2.45) is 5.10 Å². The maximum atomic E-state index is 12.4. The van der Waals surface area contributed by atoms with Crippen LogP contribution >= 0.6 is 11.6 Å². The molecule has 0 saturated carbocycles. The van der Waals surface area contributed by atoms with Gasteiger partial charge in [-0.1, -0.05) is 60.1 Å². The zero-order chi connectivity index (χ0) is 25.5. The number of para-hydroxylation sites is 1. The van der Waals surface area contributed by atoms with Gasteiger partial charge in [-0.3, -0.25) is 4.79 Å². The molecule has 0 fully saturated rings. The Kier molecular flexibility index (Phi) is 7.39. The molecular formula is C30H23ClN4O2. The molecule has 0 unspecified atom stereocenters. The monoisotopic (exact) mass is 506 g/mol. The van der Waals surface area contributed by atoms with E-state index < -0.39 is 0 Å². The summed E-state index contributed by atoms with van der Waals surface area (Å²) in [7, 11) is 0. The van der Waals surface area contributed by atoms with E-state index in [1.54, 1.807) is 35.2 Å². The number of aromatic nitrogens is 2. The molecule has 1 N–H and O–H groups in total. The van der Waals surface area contributed by atoms with Gasteiger partial charge >= 0.3 is 0 Å². The molecule has 0 atom stereocenters. The highest BCUT2D eigenvalue weighted by molar-refractivity contribution is 6.30. The molecule has 37 heavy (non-hydrogen) atoms. The first-order chi connectivity index (χ1) is 18.2. The average molecular weight is 507 g/mol. The highest BCUT2D eigenvalue weighted by Crippen LogP contribution is 2.25. The topological polar surface area (TPSA) is 68.5 Å². The van der Waals surface area contributed by atoms with Crippen LogP contribution in [0.2, 0.25) is 5.02 Å². The first-order valence-corrected chi connectivity index (χ1v) is 12.0. The van der Waals surface area contributed by atoms with E-state index in [2.05, 4.69) is 10.5 Å². The molecule has 1 aromatic heterocycles. The zero-order valence-corrected chi connectivity index (χ0v) is 20.5. The van der Waals surface area contributed by atoms with Gasteiger partial charge in [0.25, 0.3) is 5.91 Å². The number of nitrogens with zero attached hydrogens (tertiary/aromatic N) is 3. The summed E-state index contributed by atoms with van der Waals surface area (Å²) in [6.07, 6.45) is 3.47. The maximum absolute atomic E-state index is 12.4. The van der Waals surface area contributed by atoms with Gasteiger partial charge in [0.15, 0.2) is 0 Å². The summed E-state index contributed by atoms with van der Waals surface area (Å²) in [5.74, 6) is 0.436. The van der Waals surface area contributed by atoms with Gasteiger partial charge in [0.2, 0.25) is 0 Å². The van der Waals surface area contributed by atoms with Crippen molar-refractivity contribution < 1.29 is 9.53 Å². The fraction of sp³-hybridized carbons (Fsp3) is 0.0333. The summed E-state index contributed by atoms with van der Waals surface area (Å²) < 4.78 is 7.71. The van der Waals surface area contributed by atoms with E-state index in [0.717, 1.165) is 33.8 Å². The van der Waals surface area contributed by atoms with Gasteiger partial charge in [0, 0.05) is 27.9 Å². The molecule has 7 heteroatoms. The van der Waals surface area contributed by atoms with E-state index in [9.17, 15) is 4.79 Å². The minimum absolute atomic E-state index is 0.329. The number of nitrogens with one attached hydrogen (secondary N) is 1. The standard InChI is InChI=1S/C30H23ClN4O2/c31-26-15-11-24(12-16-26)30(36)33-32-19-25-20-35(27-9-5-2-6-10-27)34-29(25)23-13-17-28(18-14-23)37-21-22-7-3-1-4-8-22/h1-20H,21H2,(H,33,36). The Balaban J connectivity index is 1.37. The lowest BCUT2D eigenvalue weighted by Gasteiger charge is -2.07. The van der Waals surface area contributed by atoms with Crippen LogP contribution in [0.5, 0.6) is 5.75 Å². The zero-order valence-electron chi connectivity index (χ0n) is 19.8. The van der Waals surface area contributed by atoms with E-state index in [1.807, 2.05) is 91.1 Å². The fourth-order valence-electron chi connectivity index (χ4n) is 3.70. The van der Waals surface area contributed by atoms with E-state index in [0.29, 0.717) is 17.2 Å². The lowest BCUT2D eigenvalue weighted by Crippen LogP contribution is -2.17. The van der Waals surface area contributed by atoms with Crippen LogP contribution in [0.1, 0.15) is 21.5 Å². The number of rotatable bonds is 8. The molecule has 0 bridgehead atoms. The van der Waals surface area contributed by atoms with Crippen LogP contribution in [0, 0.1) is 0 Å². The van der Waals surface area contributed by atoms with Crippen LogP contribution in [0.4, 0.5) is 0 Å². The van der Waals surface area contributed by atoms with Crippen LogP contribution in [0.25, 0.3) is 16.9 Å². The lowest BCUT2D eigenvalue weighted by molar-refractivity contribution is 0.0955. The summed E-state index contributed by atoms with van der Waals surface area (Å²) in [6, 6.07) is 34.2. The molecule has 0 aliphatic heterocycles. The maximum Gasteiger partial charge on any atom is 0.271 e. The van der Waals surface area contributed by atoms with Crippen molar-refractivity contribution in [2.45, 2.75) is 6.61 Å². The first-order valence-electron chi connectivity index (χ1n) is 11.7. The summed E-state index contributed by atoms with van der Waals surface area (Å²) in [4.78, 5) is 12.4. The van der Waals surface area contributed by atoms with Crippen molar-refractivity contribution in [2.75, 3.05) is 0 Å². The molecule has 0 spiro atoms. The number of carbonyl (C=O) groups is 1. The molecule has 182 valence electrons. The van der Waals surface area contributed by atoms with Crippen molar-refractivity contribution in [1.82, 2.24) is 15.2 Å². The highest BCUT2D eigenvalue weighted by atomic mass is 35.5. The minimum atomic E-state index is -0.329. The Hall–Kier alpha value is -4.68. The van der Waals surface area contributed by atoms with Gasteiger partial charge in [0.1, 0.15) is 18.1 Å². The molecule has 1 amide bonds. The van der Waals surface area contributed by atoms with Gasteiger partial charge in [-0.15, -0.1) is 0 Å². The molecule has 6 nitrogen and oxygen atoms in total. The normalized spacial score (nSPS) is 10.9. The number of hydrogen-bond acceptors (Lipinski definition) is 4. The van der Waals surface area contributed by atoms with Gasteiger partial charge in [-0.25, -0.2) is 10.1 Å². The van der Waals surface area contributed by atoms with E-state index >= 15 is 0 Å². The quantitative estimate of drug-likeness (QED) is 0.192. The third-order valence-corrected chi connectivity index (χ3v) is 5.87. The van der Waals surface area contributed by atoms with E-state index in [4.69, 9.17) is 21.4 Å². The summed E-state index contributed by atoms with van der Waals surface area (Å²) in [5.41, 5.74) is 7.42. The van der Waals surface area contributed by atoms with Crippen molar-refractivity contribution in [1.29, 1.82) is 0 Å². The van der Waals surface area contributed by atoms with E-state index in [-0.39, 0.29) is 5.91 Å². The summed E-state index contributed by atoms with van der Waals surface area (Å²) >= 11 is 5.91. The molecule has 1 heterocycles. The largest absolute Gasteiger partial charge is 0.489 e. The van der Waals surface area contributed by atoms with Crippen molar-refractivity contribution >= 4 is 23.7 Å². The lowest BCUT2D eigenvalue weighted by atomic mass is 10.1. The third kappa shape index (κ3) is 6.12. The van der Waals surface area contributed by atoms with Crippen LogP contribution in [-0.4, -0.2) is 21.9 Å². The number of amides is 1. The third-order valence-electron chi connectivity index (χ3n) is 5.62. The number of carbonyl (C=O) groups excluding carboxylic acids is 1. The predicted molar refractivity (Wildman–Crippen MR) is 146 cm³/mol. The Labute approximate surface area is 219 Å². The predicted octanol–water partition coefficient (Wildman–Crippen LogP) is 6.54. The molecule has 5 rings (SSSR count). The average Bonchev–Trinajstić information content (AvgIpc) is 3.38. The highest BCUT2D eigenvalue weighted by Gasteiger charge is 2.12. The van der Waals surface area contributed by atoms with Gasteiger partial charge in [-0.2, -0.15) is 10.2 Å². The van der Waals surface area contributed by atoms with Crippen LogP contribution in [0.15, 0.2) is 120 Å². The van der Waals surface area contributed by atoms with Gasteiger partial charge in [-0.05, 0) is 66.2 Å². The Morgan fingerprint density at radius 1 is 0.892 bits per heavy atom. The SMILES string of the molecule is O=C(NN=Cc1cn(-c2ccccc2)nc1-c1ccc(OCc2ccccc2)cc1)c1ccc(Cl)cc1. The Morgan fingerprint density at radius 3 is 2.27 bits per heavy atom. The molecule has 5 aromatic rings. The second-order valence-electron chi connectivity index (χ2n) is 8.22. The number of hydrogen-bond donors (Lipinski definition) is 1. The van der Waals surface area contributed by atoms with Crippen molar-refractivity contribution in [3.8, 4) is 22.7 Å². The molecule has 0 aliphatic rings. The van der Waals surface area contributed by atoms with Gasteiger partial charge in [0.05, 0.1) is 11.9 Å². The molecule has 0 radical (unpaired) electrons. The smallest absolute Gasteiger partial charge is 0.271 e. The second kappa shape index (κ2) is 11.4. The van der Waals surface area contributed by atoms with Crippen molar-refractivity contribution in [3.63, 3.8) is 0 Å². The summed E-state index contributed by atoms with van der Waals surface area (Å²) in [5, 5.41) is 9.54. The summed E-state index contributed by atoms with van der Waals surface area (Å²) in [6.45, 7) is 0.494. The second-order valence-corrected chi connectivity index (χ2v) is 8.65. The fourth-order valence-corrected chi connectivity index (χ4v) is 3.82. The molecule has 0 aliphatic carbocycles. The number of benzene rings is 4. The van der Waals surface area contributed by atoms with Crippen LogP contribution < -0.4 is 10.2 Å². The minimum Gasteiger partial charge on any atom is -0.489 e. The van der Waals surface area contributed by atoms with Crippen LogP contribution in [0.3, 0.4) is 0 Å².